The first-order valence-corrected chi connectivity index (χ1v) is 7.37. The molecule has 96 valence electrons. The van der Waals surface area contributed by atoms with E-state index in [1.807, 2.05) is 30.3 Å². The normalized spacial score (nSPS) is 13.3. The monoisotopic (exact) mass is 257 g/mol. The summed E-state index contributed by atoms with van der Waals surface area (Å²) in [4.78, 5) is 0. The highest BCUT2D eigenvalue weighted by atomic mass is 32.2. The fraction of sp³-hybridized carbons (Fsp3) is 0.500. The lowest BCUT2D eigenvalue weighted by atomic mass is 10.3. The van der Waals surface area contributed by atoms with Gasteiger partial charge in [-0.1, -0.05) is 18.2 Å². The van der Waals surface area contributed by atoms with Crippen LogP contribution in [0.4, 0.5) is 0 Å². The van der Waals surface area contributed by atoms with Gasteiger partial charge in [-0.15, -0.1) is 0 Å². The molecule has 1 rings (SSSR count). The lowest BCUT2D eigenvalue weighted by Crippen LogP contribution is -2.29. The first kappa shape index (κ1) is 14.0. The van der Waals surface area contributed by atoms with E-state index in [1.165, 1.54) is 0 Å². The largest absolute Gasteiger partial charge is 0.494 e. The van der Waals surface area contributed by atoms with Gasteiger partial charge in [0.15, 0.2) is 9.84 Å². The van der Waals surface area contributed by atoms with Crippen molar-refractivity contribution in [1.82, 2.24) is 0 Å². The molecule has 0 aliphatic rings. The van der Waals surface area contributed by atoms with Crippen LogP contribution in [0, 0.1) is 0 Å². The molecule has 2 N–H and O–H groups in total. The summed E-state index contributed by atoms with van der Waals surface area (Å²) in [6, 6.07) is 9.35. The molecule has 0 fully saturated rings. The molecule has 0 bridgehead atoms. The van der Waals surface area contributed by atoms with Crippen LogP contribution < -0.4 is 10.5 Å². The molecular weight excluding hydrogens is 238 g/mol. The van der Waals surface area contributed by atoms with Gasteiger partial charge in [0.1, 0.15) is 5.75 Å². The third-order valence-corrected chi connectivity index (χ3v) is 4.81. The number of ether oxygens (including phenoxy) is 1. The molecule has 1 aromatic carbocycles. The molecule has 0 aliphatic carbocycles. The average molecular weight is 257 g/mol. The van der Waals surface area contributed by atoms with E-state index < -0.39 is 15.1 Å². The predicted octanol–water partition coefficient (Wildman–Crippen LogP) is 1.22. The zero-order valence-electron chi connectivity index (χ0n) is 10.0. The van der Waals surface area contributed by atoms with Crippen molar-refractivity contribution in [2.75, 3.05) is 18.9 Å². The molecule has 0 saturated heterocycles. The quantitative estimate of drug-likeness (QED) is 0.746. The predicted molar refractivity (Wildman–Crippen MR) is 68.9 cm³/mol. The van der Waals surface area contributed by atoms with E-state index in [-0.39, 0.29) is 12.3 Å². The maximum absolute atomic E-state index is 11.6. The Kier molecular flexibility index (Phi) is 5.44. The first-order chi connectivity index (χ1) is 8.06. The van der Waals surface area contributed by atoms with Gasteiger partial charge in [-0.05, 0) is 25.5 Å². The second kappa shape index (κ2) is 6.61. The minimum absolute atomic E-state index is 0.123. The molecular formula is C12H19NO3S. The number of hydrogen-bond donors (Lipinski definition) is 1. The number of benzene rings is 1. The molecule has 1 atom stereocenters. The zero-order valence-corrected chi connectivity index (χ0v) is 10.8. The van der Waals surface area contributed by atoms with Crippen LogP contribution in [0.1, 0.15) is 13.3 Å². The molecule has 0 radical (unpaired) electrons. The van der Waals surface area contributed by atoms with Crippen LogP contribution in [-0.2, 0) is 9.84 Å². The number of para-hydroxylation sites is 1. The fourth-order valence-corrected chi connectivity index (χ4v) is 2.53. The number of sulfone groups is 1. The van der Waals surface area contributed by atoms with Crippen molar-refractivity contribution in [3.8, 4) is 5.75 Å². The van der Waals surface area contributed by atoms with Crippen LogP contribution in [0.25, 0.3) is 0 Å². The average Bonchev–Trinajstić information content (AvgIpc) is 2.35. The summed E-state index contributed by atoms with van der Waals surface area (Å²) in [5.41, 5.74) is 5.34. The van der Waals surface area contributed by atoms with Gasteiger partial charge < -0.3 is 10.5 Å². The molecule has 1 aromatic rings. The van der Waals surface area contributed by atoms with Gasteiger partial charge >= 0.3 is 0 Å². The summed E-state index contributed by atoms with van der Waals surface area (Å²) in [5.74, 6) is 0.884. The van der Waals surface area contributed by atoms with E-state index in [9.17, 15) is 8.42 Å². The Labute approximate surface area is 103 Å². The molecule has 0 amide bonds. The maximum atomic E-state index is 11.6. The minimum Gasteiger partial charge on any atom is -0.494 e. The summed E-state index contributed by atoms with van der Waals surface area (Å²) < 4.78 is 28.7. The fourth-order valence-electron chi connectivity index (χ4n) is 1.31. The van der Waals surface area contributed by atoms with E-state index in [4.69, 9.17) is 10.5 Å². The highest BCUT2D eigenvalue weighted by Crippen LogP contribution is 2.09. The minimum atomic E-state index is -3.07. The number of rotatable bonds is 7. The zero-order chi connectivity index (χ0) is 12.7. The van der Waals surface area contributed by atoms with E-state index in [1.54, 1.807) is 6.92 Å². The van der Waals surface area contributed by atoms with Gasteiger partial charge in [0.2, 0.25) is 0 Å². The van der Waals surface area contributed by atoms with E-state index in [0.717, 1.165) is 5.75 Å². The van der Waals surface area contributed by atoms with Crippen LogP contribution in [-0.4, -0.2) is 32.6 Å². The van der Waals surface area contributed by atoms with Gasteiger partial charge in [-0.2, -0.15) is 0 Å². The van der Waals surface area contributed by atoms with Crippen molar-refractivity contribution in [2.45, 2.75) is 18.6 Å². The highest BCUT2D eigenvalue weighted by Gasteiger charge is 2.18. The lowest BCUT2D eigenvalue weighted by molar-refractivity contribution is 0.317. The molecule has 0 aliphatic heterocycles. The lowest BCUT2D eigenvalue weighted by Gasteiger charge is -2.10. The smallest absolute Gasteiger partial charge is 0.154 e. The standard InChI is InChI=1S/C12H19NO3S/c1-11(10-13)17(14,15)9-5-8-16-12-6-3-2-4-7-12/h2-4,6-7,11H,5,8-10,13H2,1H3. The van der Waals surface area contributed by atoms with E-state index in [0.29, 0.717) is 13.0 Å². The van der Waals surface area contributed by atoms with Crippen molar-refractivity contribution < 1.29 is 13.2 Å². The number of hydrogen-bond acceptors (Lipinski definition) is 4. The van der Waals surface area contributed by atoms with Crippen LogP contribution in [0.2, 0.25) is 0 Å². The molecule has 4 nitrogen and oxygen atoms in total. The molecule has 1 unspecified atom stereocenters. The maximum Gasteiger partial charge on any atom is 0.154 e. The summed E-state index contributed by atoms with van der Waals surface area (Å²) in [6.45, 7) is 2.20. The van der Waals surface area contributed by atoms with Gasteiger partial charge in [-0.3, -0.25) is 0 Å². The van der Waals surface area contributed by atoms with Gasteiger partial charge in [0.25, 0.3) is 0 Å². The number of nitrogens with two attached hydrogens (primary N) is 1. The van der Waals surface area contributed by atoms with E-state index >= 15 is 0 Å². The van der Waals surface area contributed by atoms with Crippen LogP contribution in [0.15, 0.2) is 30.3 Å². The van der Waals surface area contributed by atoms with Crippen LogP contribution >= 0.6 is 0 Å². The van der Waals surface area contributed by atoms with Crippen LogP contribution in [0.3, 0.4) is 0 Å². The van der Waals surface area contributed by atoms with Crippen molar-refractivity contribution in [3.63, 3.8) is 0 Å². The highest BCUT2D eigenvalue weighted by molar-refractivity contribution is 7.92. The molecule has 5 heteroatoms. The second-order valence-corrected chi connectivity index (χ2v) is 6.47. The molecule has 0 spiro atoms. The third kappa shape index (κ3) is 4.75. The van der Waals surface area contributed by atoms with Gasteiger partial charge in [-0.25, -0.2) is 8.42 Å². The van der Waals surface area contributed by atoms with E-state index in [2.05, 4.69) is 0 Å². The summed E-state index contributed by atoms with van der Waals surface area (Å²) in [5, 5.41) is -0.473. The summed E-state index contributed by atoms with van der Waals surface area (Å²) >= 11 is 0. The Bertz CT molecular complexity index is 417. The Morgan fingerprint density at radius 3 is 2.53 bits per heavy atom. The SMILES string of the molecule is CC(CN)S(=O)(=O)CCCOc1ccccc1. The van der Waals surface area contributed by atoms with Crippen LogP contribution in [0.5, 0.6) is 5.75 Å². The molecule has 0 saturated carbocycles. The van der Waals surface area contributed by atoms with Gasteiger partial charge in [0.05, 0.1) is 17.6 Å². The molecule has 0 aromatic heterocycles. The summed E-state index contributed by atoms with van der Waals surface area (Å²) in [6.07, 6.45) is 0.488. The first-order valence-electron chi connectivity index (χ1n) is 5.66. The summed E-state index contributed by atoms with van der Waals surface area (Å²) in [7, 11) is -3.07. The third-order valence-electron chi connectivity index (χ3n) is 2.53. The Balaban J connectivity index is 2.30. The van der Waals surface area contributed by atoms with Gasteiger partial charge in [0, 0.05) is 6.54 Å². The Morgan fingerprint density at radius 2 is 1.94 bits per heavy atom. The van der Waals surface area contributed by atoms with Crippen molar-refractivity contribution >= 4 is 9.84 Å². The topological polar surface area (TPSA) is 69.4 Å². The Hall–Kier alpha value is -1.07. The molecule has 17 heavy (non-hydrogen) atoms. The van der Waals surface area contributed by atoms with Crippen molar-refractivity contribution in [3.05, 3.63) is 30.3 Å². The van der Waals surface area contributed by atoms with Crippen molar-refractivity contribution in [1.29, 1.82) is 0 Å². The Morgan fingerprint density at radius 1 is 1.29 bits per heavy atom. The van der Waals surface area contributed by atoms with Crippen molar-refractivity contribution in [2.24, 2.45) is 5.73 Å². The molecule has 0 heterocycles. The second-order valence-electron chi connectivity index (χ2n) is 3.93.